The number of hydrogen-bond donors (Lipinski definition) is 0. The van der Waals surface area contributed by atoms with Crippen LogP contribution >= 0.6 is 0 Å². The molecule has 4 rings (SSSR count). The van der Waals surface area contributed by atoms with Crippen LogP contribution in [0.1, 0.15) is 47.2 Å². The van der Waals surface area contributed by atoms with Crippen LogP contribution < -0.4 is 4.74 Å². The Labute approximate surface area is 185 Å². The number of carbonyl (C=O) groups excluding carboxylic acids is 1. The summed E-state index contributed by atoms with van der Waals surface area (Å²) in [4.78, 5) is 21.8. The third-order valence-corrected chi connectivity index (χ3v) is 6.35. The number of hydrogen-bond acceptors (Lipinski definition) is 5. The fraction of sp³-hybridized carbons (Fsp3) is 0.520. The van der Waals surface area contributed by atoms with Gasteiger partial charge in [-0.25, -0.2) is 0 Å². The zero-order valence-corrected chi connectivity index (χ0v) is 18.6. The molecule has 0 radical (unpaired) electrons. The van der Waals surface area contributed by atoms with Gasteiger partial charge in [-0.2, -0.15) is 0 Å². The van der Waals surface area contributed by atoms with Crippen molar-refractivity contribution in [3.8, 4) is 5.75 Å². The Morgan fingerprint density at radius 2 is 1.84 bits per heavy atom. The monoisotopic (exact) mass is 423 g/mol. The van der Waals surface area contributed by atoms with E-state index in [4.69, 9.17) is 9.47 Å². The summed E-state index contributed by atoms with van der Waals surface area (Å²) in [6, 6.07) is 10.1. The first-order valence-electron chi connectivity index (χ1n) is 11.3. The van der Waals surface area contributed by atoms with Crippen molar-refractivity contribution < 1.29 is 14.3 Å². The number of benzene rings is 1. The lowest BCUT2D eigenvalue weighted by Gasteiger charge is -2.34. The summed E-state index contributed by atoms with van der Waals surface area (Å²) >= 11 is 0. The smallest absolute Gasteiger partial charge is 0.257 e. The highest BCUT2D eigenvalue weighted by atomic mass is 16.5. The van der Waals surface area contributed by atoms with Gasteiger partial charge in [-0.15, -0.1) is 0 Å². The van der Waals surface area contributed by atoms with Crippen LogP contribution in [-0.4, -0.2) is 66.2 Å². The number of ether oxygens (including phenoxy) is 2. The maximum atomic E-state index is 13.3. The van der Waals surface area contributed by atoms with E-state index in [1.807, 2.05) is 42.4 Å². The van der Waals surface area contributed by atoms with Gasteiger partial charge in [-0.05, 0) is 62.4 Å². The zero-order valence-electron chi connectivity index (χ0n) is 18.6. The summed E-state index contributed by atoms with van der Waals surface area (Å²) in [6.07, 6.45) is 7.85. The van der Waals surface area contributed by atoms with Crippen molar-refractivity contribution in [2.75, 3.05) is 33.3 Å². The van der Waals surface area contributed by atoms with Crippen molar-refractivity contribution >= 4 is 5.91 Å². The van der Waals surface area contributed by atoms with E-state index in [1.165, 1.54) is 5.56 Å². The Kier molecular flexibility index (Phi) is 7.20. The topological polar surface area (TPSA) is 54.9 Å². The Hall–Kier alpha value is -2.44. The number of likely N-dealkylation sites (tertiary alicyclic amines) is 2. The van der Waals surface area contributed by atoms with E-state index in [9.17, 15) is 4.79 Å². The molecule has 3 heterocycles. The number of piperidine rings is 2. The third kappa shape index (κ3) is 5.63. The molecule has 1 amide bonds. The molecule has 1 atom stereocenters. The fourth-order valence-corrected chi connectivity index (χ4v) is 4.51. The van der Waals surface area contributed by atoms with Gasteiger partial charge in [0.15, 0.2) is 0 Å². The molecule has 6 nitrogen and oxygen atoms in total. The van der Waals surface area contributed by atoms with E-state index < -0.39 is 0 Å². The van der Waals surface area contributed by atoms with E-state index in [-0.39, 0.29) is 18.1 Å². The van der Waals surface area contributed by atoms with Crippen LogP contribution in [0.5, 0.6) is 5.75 Å². The number of rotatable bonds is 6. The average molecular weight is 424 g/mol. The molecule has 1 unspecified atom stereocenters. The highest BCUT2D eigenvalue weighted by Crippen LogP contribution is 2.27. The molecule has 0 saturated carbocycles. The quantitative estimate of drug-likeness (QED) is 0.709. The van der Waals surface area contributed by atoms with E-state index in [0.29, 0.717) is 17.9 Å². The summed E-state index contributed by atoms with van der Waals surface area (Å²) < 4.78 is 11.9. The van der Waals surface area contributed by atoms with Gasteiger partial charge in [0.05, 0.1) is 11.7 Å². The maximum Gasteiger partial charge on any atom is 0.257 e. The number of pyridine rings is 1. The number of amides is 1. The average Bonchev–Trinajstić information content (AvgIpc) is 2.81. The standard InChI is InChI=1S/C25H33N3O3/c1-19-5-6-24(23(16-19)25(29)28-13-3-4-22(18-28)30-2)31-21-9-14-27(15-10-21)17-20-7-11-26-12-8-20/h5-8,11-12,16,21-22H,3-4,9-10,13-15,17-18H2,1-2H3. The maximum absolute atomic E-state index is 13.3. The molecule has 1 aromatic heterocycles. The van der Waals surface area contributed by atoms with Crippen LogP contribution in [0.4, 0.5) is 0 Å². The van der Waals surface area contributed by atoms with Crippen LogP contribution in [0, 0.1) is 6.92 Å². The molecule has 2 aliphatic rings. The van der Waals surface area contributed by atoms with Gasteiger partial charge < -0.3 is 14.4 Å². The molecule has 2 aliphatic heterocycles. The van der Waals surface area contributed by atoms with Crippen LogP contribution in [-0.2, 0) is 11.3 Å². The van der Waals surface area contributed by atoms with E-state index in [2.05, 4.69) is 22.0 Å². The Morgan fingerprint density at radius 1 is 1.06 bits per heavy atom. The lowest BCUT2D eigenvalue weighted by atomic mass is 10.0. The van der Waals surface area contributed by atoms with Crippen molar-refractivity contribution in [3.05, 3.63) is 59.4 Å². The number of aromatic nitrogens is 1. The molecule has 0 bridgehead atoms. The predicted octanol–water partition coefficient (Wildman–Crippen LogP) is 3.68. The summed E-state index contributed by atoms with van der Waals surface area (Å²) in [5.74, 6) is 0.762. The van der Waals surface area contributed by atoms with Gasteiger partial charge in [0, 0.05) is 52.2 Å². The normalized spacial score (nSPS) is 20.6. The summed E-state index contributed by atoms with van der Waals surface area (Å²) in [7, 11) is 1.72. The minimum atomic E-state index is 0.0515. The SMILES string of the molecule is COC1CCCN(C(=O)c2cc(C)ccc2OC2CCN(Cc3ccncc3)CC2)C1. The number of aryl methyl sites for hydroxylation is 1. The molecule has 6 heteroatoms. The van der Waals surface area contributed by atoms with Gasteiger partial charge in [0.1, 0.15) is 11.9 Å². The van der Waals surface area contributed by atoms with Gasteiger partial charge in [-0.3, -0.25) is 14.7 Å². The largest absolute Gasteiger partial charge is 0.489 e. The molecule has 0 N–H and O–H groups in total. The second-order valence-electron chi connectivity index (χ2n) is 8.70. The van der Waals surface area contributed by atoms with Gasteiger partial charge in [0.25, 0.3) is 5.91 Å². The first-order chi connectivity index (χ1) is 15.1. The van der Waals surface area contributed by atoms with E-state index in [0.717, 1.165) is 57.4 Å². The number of methoxy groups -OCH3 is 1. The Bertz CT molecular complexity index is 866. The van der Waals surface area contributed by atoms with Crippen molar-refractivity contribution in [1.29, 1.82) is 0 Å². The number of nitrogens with zero attached hydrogens (tertiary/aromatic N) is 3. The molecule has 0 spiro atoms. The lowest BCUT2D eigenvalue weighted by molar-refractivity contribution is 0.0264. The molecular formula is C25H33N3O3. The summed E-state index contributed by atoms with van der Waals surface area (Å²) in [5.41, 5.74) is 3.04. The van der Waals surface area contributed by atoms with Crippen LogP contribution in [0.3, 0.4) is 0 Å². The van der Waals surface area contributed by atoms with Crippen molar-refractivity contribution in [3.63, 3.8) is 0 Å². The fourth-order valence-electron chi connectivity index (χ4n) is 4.51. The Morgan fingerprint density at radius 3 is 2.58 bits per heavy atom. The second kappa shape index (κ2) is 10.2. The van der Waals surface area contributed by atoms with E-state index in [1.54, 1.807) is 7.11 Å². The zero-order chi connectivity index (χ0) is 21.6. The second-order valence-corrected chi connectivity index (χ2v) is 8.70. The summed E-state index contributed by atoms with van der Waals surface area (Å²) in [6.45, 7) is 6.37. The van der Waals surface area contributed by atoms with Crippen LogP contribution in [0.2, 0.25) is 0 Å². The van der Waals surface area contributed by atoms with E-state index >= 15 is 0 Å². The minimum absolute atomic E-state index is 0.0515. The minimum Gasteiger partial charge on any atom is -0.489 e. The molecule has 2 aromatic rings. The number of carbonyl (C=O) groups is 1. The van der Waals surface area contributed by atoms with Gasteiger partial charge >= 0.3 is 0 Å². The van der Waals surface area contributed by atoms with Gasteiger partial charge in [0.2, 0.25) is 0 Å². The lowest BCUT2D eigenvalue weighted by Crippen LogP contribution is -2.43. The van der Waals surface area contributed by atoms with Crippen LogP contribution in [0.15, 0.2) is 42.7 Å². The molecule has 2 fully saturated rings. The van der Waals surface area contributed by atoms with Crippen molar-refractivity contribution in [2.24, 2.45) is 0 Å². The van der Waals surface area contributed by atoms with Gasteiger partial charge in [-0.1, -0.05) is 11.6 Å². The first-order valence-corrected chi connectivity index (χ1v) is 11.3. The third-order valence-electron chi connectivity index (χ3n) is 6.35. The molecule has 166 valence electrons. The molecule has 31 heavy (non-hydrogen) atoms. The van der Waals surface area contributed by atoms with Crippen molar-refractivity contribution in [1.82, 2.24) is 14.8 Å². The summed E-state index contributed by atoms with van der Waals surface area (Å²) in [5, 5.41) is 0. The first kappa shape index (κ1) is 21.8. The highest BCUT2D eigenvalue weighted by molar-refractivity contribution is 5.97. The molecule has 1 aromatic carbocycles. The molecule has 0 aliphatic carbocycles. The van der Waals surface area contributed by atoms with Crippen molar-refractivity contribution in [2.45, 2.75) is 51.4 Å². The molecular weight excluding hydrogens is 390 g/mol. The Balaban J connectivity index is 1.38. The predicted molar refractivity (Wildman–Crippen MR) is 120 cm³/mol. The van der Waals surface area contributed by atoms with Crippen LogP contribution in [0.25, 0.3) is 0 Å². The molecule has 2 saturated heterocycles. The highest BCUT2D eigenvalue weighted by Gasteiger charge is 2.28.